The Morgan fingerprint density at radius 3 is 1.97 bits per heavy atom. The SMILES string of the molecule is NC(=NO)c1ccc(OCCCC2CCN(CCCOc3ccc(C(N)=NC(=O)[O-])cc3)CC2)cc1. The number of nitrogens with two attached hydrogens (primary N) is 2. The molecule has 0 aliphatic carbocycles. The van der Waals surface area contributed by atoms with Crippen LogP contribution in [-0.2, 0) is 0 Å². The van der Waals surface area contributed by atoms with E-state index < -0.39 is 6.09 Å². The van der Waals surface area contributed by atoms with Crippen LogP contribution in [0.1, 0.15) is 43.2 Å². The number of amidine groups is 2. The zero-order valence-corrected chi connectivity index (χ0v) is 20.3. The molecule has 1 aliphatic heterocycles. The fraction of sp³-hybridized carbons (Fsp3) is 0.423. The molecule has 5 N–H and O–H groups in total. The zero-order chi connectivity index (χ0) is 25.8. The van der Waals surface area contributed by atoms with Crippen LogP contribution in [0.15, 0.2) is 58.7 Å². The zero-order valence-electron chi connectivity index (χ0n) is 20.3. The minimum atomic E-state index is -1.56. The molecule has 1 aliphatic rings. The number of benzene rings is 2. The van der Waals surface area contributed by atoms with Gasteiger partial charge < -0.3 is 40.9 Å². The van der Waals surface area contributed by atoms with Gasteiger partial charge in [-0.15, -0.1) is 0 Å². The number of oxime groups is 1. The molecule has 10 nitrogen and oxygen atoms in total. The van der Waals surface area contributed by atoms with E-state index in [0.29, 0.717) is 30.1 Å². The minimum absolute atomic E-state index is 0.0847. The summed E-state index contributed by atoms with van der Waals surface area (Å²) in [7, 11) is 0. The Morgan fingerprint density at radius 2 is 1.44 bits per heavy atom. The molecule has 36 heavy (non-hydrogen) atoms. The van der Waals surface area contributed by atoms with Gasteiger partial charge in [0, 0.05) is 17.7 Å². The van der Waals surface area contributed by atoms with Gasteiger partial charge in [-0.05, 0) is 99.6 Å². The van der Waals surface area contributed by atoms with Gasteiger partial charge in [0.25, 0.3) is 0 Å². The van der Waals surface area contributed by atoms with Gasteiger partial charge in [0.1, 0.15) is 17.3 Å². The number of likely N-dealkylation sites (tertiary alicyclic amines) is 1. The van der Waals surface area contributed by atoms with Crippen molar-refractivity contribution in [3.63, 3.8) is 0 Å². The standard InChI is InChI=1S/C26H35N5O5/c27-24(29-26(32)33)20-4-8-23(9-5-20)36-18-2-14-31-15-12-19(13-16-31)3-1-17-35-22-10-6-21(7-11-22)25(28)30-34/h4-11,19,34H,1-3,12-18H2,(H2,27,29)(H2,28,30)(H,32,33)/p-1. The van der Waals surface area contributed by atoms with Gasteiger partial charge in [0.15, 0.2) is 11.9 Å². The van der Waals surface area contributed by atoms with Crippen molar-refractivity contribution >= 4 is 17.8 Å². The third-order valence-corrected chi connectivity index (χ3v) is 6.24. The number of piperidine rings is 1. The predicted octanol–water partition coefficient (Wildman–Crippen LogP) is 2.17. The first-order valence-electron chi connectivity index (χ1n) is 12.2. The lowest BCUT2D eigenvalue weighted by molar-refractivity contribution is -0.245. The Balaban J connectivity index is 1.24. The average Bonchev–Trinajstić information content (AvgIpc) is 2.89. The minimum Gasteiger partial charge on any atom is -0.528 e. The van der Waals surface area contributed by atoms with Crippen LogP contribution in [0.2, 0.25) is 0 Å². The lowest BCUT2D eigenvalue weighted by Crippen LogP contribution is -2.35. The summed E-state index contributed by atoms with van der Waals surface area (Å²) >= 11 is 0. The largest absolute Gasteiger partial charge is 0.528 e. The second-order valence-corrected chi connectivity index (χ2v) is 8.77. The molecule has 10 heteroatoms. The highest BCUT2D eigenvalue weighted by atomic mass is 16.5. The third kappa shape index (κ3) is 8.77. The van der Waals surface area contributed by atoms with Gasteiger partial charge in [-0.25, -0.2) is 4.99 Å². The van der Waals surface area contributed by atoms with E-state index in [-0.39, 0.29) is 11.7 Å². The average molecular weight is 497 g/mol. The number of nitrogens with zero attached hydrogens (tertiary/aromatic N) is 3. The molecule has 1 amide bonds. The molecule has 2 aromatic carbocycles. The first-order chi connectivity index (χ1) is 17.4. The summed E-state index contributed by atoms with van der Waals surface area (Å²) in [6, 6.07) is 14.1. The monoisotopic (exact) mass is 496 g/mol. The summed E-state index contributed by atoms with van der Waals surface area (Å²) in [6.07, 6.45) is 3.95. The lowest BCUT2D eigenvalue weighted by Gasteiger charge is -2.32. The third-order valence-electron chi connectivity index (χ3n) is 6.24. The summed E-state index contributed by atoms with van der Waals surface area (Å²) in [5.41, 5.74) is 12.3. The number of hydrogen-bond acceptors (Lipinski definition) is 7. The van der Waals surface area contributed by atoms with Gasteiger partial charge in [0.2, 0.25) is 0 Å². The first kappa shape index (κ1) is 26.8. The molecule has 2 aromatic rings. The number of ether oxygens (including phenoxy) is 2. The Hall–Kier alpha value is -3.79. The fourth-order valence-corrected chi connectivity index (χ4v) is 4.20. The molecule has 0 unspecified atom stereocenters. The number of carbonyl (C=O) groups excluding carboxylic acids is 1. The smallest absolute Gasteiger partial charge is 0.170 e. The molecular formula is C26H34N5O5-. The molecule has 0 spiro atoms. The molecular weight excluding hydrogens is 462 g/mol. The van der Waals surface area contributed by atoms with Crippen molar-refractivity contribution in [1.29, 1.82) is 0 Å². The van der Waals surface area contributed by atoms with Crippen molar-refractivity contribution in [3.8, 4) is 11.5 Å². The number of rotatable bonds is 12. The quantitative estimate of drug-likeness (QED) is 0.133. The van der Waals surface area contributed by atoms with Crippen LogP contribution < -0.4 is 26.0 Å². The second-order valence-electron chi connectivity index (χ2n) is 8.77. The predicted molar refractivity (Wildman–Crippen MR) is 136 cm³/mol. The van der Waals surface area contributed by atoms with Gasteiger partial charge in [-0.3, -0.25) is 0 Å². The number of carbonyl (C=O) groups is 1. The summed E-state index contributed by atoms with van der Waals surface area (Å²) in [5.74, 6) is 2.21. The highest BCUT2D eigenvalue weighted by Crippen LogP contribution is 2.22. The number of aliphatic imine (C=N–C) groups is 1. The molecule has 0 aromatic heterocycles. The summed E-state index contributed by atoms with van der Waals surface area (Å²) < 4.78 is 11.6. The maximum Gasteiger partial charge on any atom is 0.170 e. The molecule has 3 rings (SSSR count). The van der Waals surface area contributed by atoms with Crippen molar-refractivity contribution in [3.05, 3.63) is 59.7 Å². The van der Waals surface area contributed by atoms with Gasteiger partial charge in [0.05, 0.1) is 13.2 Å². The van der Waals surface area contributed by atoms with E-state index in [9.17, 15) is 9.90 Å². The van der Waals surface area contributed by atoms with Crippen LogP contribution >= 0.6 is 0 Å². The summed E-state index contributed by atoms with van der Waals surface area (Å²) in [4.78, 5) is 16.2. The van der Waals surface area contributed by atoms with E-state index in [0.717, 1.165) is 50.6 Å². The van der Waals surface area contributed by atoms with Crippen LogP contribution in [0.25, 0.3) is 0 Å². The van der Waals surface area contributed by atoms with Crippen molar-refractivity contribution in [1.82, 2.24) is 4.90 Å². The summed E-state index contributed by atoms with van der Waals surface area (Å²) in [5, 5.41) is 22.2. The van der Waals surface area contributed by atoms with Gasteiger partial charge >= 0.3 is 0 Å². The van der Waals surface area contributed by atoms with Crippen LogP contribution in [0, 0.1) is 5.92 Å². The van der Waals surface area contributed by atoms with Crippen molar-refractivity contribution in [2.75, 3.05) is 32.8 Å². The van der Waals surface area contributed by atoms with Crippen molar-refractivity contribution < 1.29 is 24.6 Å². The molecule has 1 saturated heterocycles. The van der Waals surface area contributed by atoms with Crippen LogP contribution in [0.4, 0.5) is 4.79 Å². The van der Waals surface area contributed by atoms with Crippen molar-refractivity contribution in [2.24, 2.45) is 27.5 Å². The van der Waals surface area contributed by atoms with E-state index in [1.54, 1.807) is 36.4 Å². The maximum atomic E-state index is 10.5. The van der Waals surface area contributed by atoms with E-state index in [2.05, 4.69) is 15.0 Å². The van der Waals surface area contributed by atoms with E-state index in [4.69, 9.17) is 26.1 Å². The molecule has 194 valence electrons. The Bertz CT molecular complexity index is 1020. The molecule has 1 heterocycles. The molecule has 1 fully saturated rings. The van der Waals surface area contributed by atoms with E-state index >= 15 is 0 Å². The van der Waals surface area contributed by atoms with Gasteiger partial charge in [-0.2, -0.15) is 0 Å². The normalized spacial score (nSPS) is 15.6. The Kier molecular flexibility index (Phi) is 10.4. The van der Waals surface area contributed by atoms with Crippen LogP contribution in [0.3, 0.4) is 0 Å². The summed E-state index contributed by atoms with van der Waals surface area (Å²) in [6.45, 7) is 4.50. The molecule has 0 radical (unpaired) electrons. The molecule has 0 saturated carbocycles. The lowest BCUT2D eigenvalue weighted by atomic mass is 9.92. The topological polar surface area (TPSA) is 159 Å². The van der Waals surface area contributed by atoms with Crippen LogP contribution in [0.5, 0.6) is 11.5 Å². The van der Waals surface area contributed by atoms with Crippen molar-refractivity contribution in [2.45, 2.75) is 32.1 Å². The first-order valence-corrected chi connectivity index (χ1v) is 12.2. The van der Waals surface area contributed by atoms with Crippen LogP contribution in [-0.4, -0.2) is 60.7 Å². The van der Waals surface area contributed by atoms with E-state index in [1.165, 1.54) is 12.8 Å². The van der Waals surface area contributed by atoms with Gasteiger partial charge in [-0.1, -0.05) is 5.16 Å². The number of amides is 1. The highest BCUT2D eigenvalue weighted by molar-refractivity contribution is 6.02. The molecule has 0 atom stereocenters. The Labute approximate surface area is 211 Å². The second kappa shape index (κ2) is 13.9. The highest BCUT2D eigenvalue weighted by Gasteiger charge is 2.18. The fourth-order valence-electron chi connectivity index (χ4n) is 4.20. The maximum absolute atomic E-state index is 10.5. The Morgan fingerprint density at radius 1 is 0.917 bits per heavy atom. The molecule has 0 bridgehead atoms. The van der Waals surface area contributed by atoms with E-state index in [1.807, 2.05) is 12.1 Å². The number of carboxylic acid groups (broad SMARTS) is 1. The number of hydrogen-bond donors (Lipinski definition) is 3.